The Morgan fingerprint density at radius 1 is 1.16 bits per heavy atom. The van der Waals surface area contributed by atoms with E-state index in [2.05, 4.69) is 20.3 Å². The van der Waals surface area contributed by atoms with Crippen molar-refractivity contribution in [2.45, 2.75) is 30.3 Å². The van der Waals surface area contributed by atoms with Crippen LogP contribution in [0.15, 0.2) is 57.2 Å². The van der Waals surface area contributed by atoms with E-state index < -0.39 is 5.25 Å². The van der Waals surface area contributed by atoms with Crippen molar-refractivity contribution in [3.63, 3.8) is 0 Å². The number of imidazole rings is 1. The van der Waals surface area contributed by atoms with Crippen LogP contribution in [-0.4, -0.2) is 44.4 Å². The lowest BCUT2D eigenvalue weighted by Crippen LogP contribution is -2.30. The summed E-state index contributed by atoms with van der Waals surface area (Å²) in [5.41, 5.74) is 1.92. The second kappa shape index (κ2) is 9.01. The van der Waals surface area contributed by atoms with E-state index in [-0.39, 0.29) is 23.2 Å². The van der Waals surface area contributed by atoms with Crippen LogP contribution in [0.5, 0.6) is 0 Å². The fraction of sp³-hybridized carbons (Fsp3) is 0.273. The molecule has 9 nitrogen and oxygen atoms in total. The zero-order valence-electron chi connectivity index (χ0n) is 17.8. The zero-order chi connectivity index (χ0) is 22.8. The first-order valence-corrected chi connectivity index (χ1v) is 10.9. The largest absolute Gasteiger partial charge is 0.383 e. The Hall–Kier alpha value is -3.37. The summed E-state index contributed by atoms with van der Waals surface area (Å²) in [6, 6.07) is 12.0. The molecule has 2 aromatic heterocycles. The van der Waals surface area contributed by atoms with E-state index in [4.69, 9.17) is 4.74 Å². The summed E-state index contributed by atoms with van der Waals surface area (Å²) in [4.78, 5) is 47.5. The molecule has 1 amide bonds. The van der Waals surface area contributed by atoms with Crippen LogP contribution in [0.25, 0.3) is 21.9 Å². The van der Waals surface area contributed by atoms with Gasteiger partial charge in [-0.2, -0.15) is 0 Å². The van der Waals surface area contributed by atoms with Crippen molar-refractivity contribution in [1.82, 2.24) is 19.5 Å². The molecule has 0 fully saturated rings. The molecular weight excluding hydrogens is 430 g/mol. The zero-order valence-corrected chi connectivity index (χ0v) is 18.7. The maximum atomic E-state index is 13.2. The third-order valence-electron chi connectivity index (χ3n) is 5.06. The first-order chi connectivity index (χ1) is 15.4. The number of methoxy groups -OCH3 is 1. The second-order valence-corrected chi connectivity index (χ2v) is 8.79. The van der Waals surface area contributed by atoms with Crippen LogP contribution in [0.4, 0.5) is 5.69 Å². The number of carbonyl (C=O) groups is 1. The van der Waals surface area contributed by atoms with E-state index in [1.807, 2.05) is 13.0 Å². The number of fused-ring (bicyclic) bond motifs is 2. The monoisotopic (exact) mass is 453 g/mol. The minimum Gasteiger partial charge on any atom is -0.383 e. The molecule has 0 radical (unpaired) electrons. The lowest BCUT2D eigenvalue weighted by atomic mass is 10.2. The van der Waals surface area contributed by atoms with Gasteiger partial charge in [0.05, 0.1) is 39.8 Å². The van der Waals surface area contributed by atoms with Crippen molar-refractivity contribution in [3.05, 3.63) is 63.3 Å². The summed E-state index contributed by atoms with van der Waals surface area (Å²) in [6.07, 6.45) is 0. The second-order valence-electron chi connectivity index (χ2n) is 7.48. The van der Waals surface area contributed by atoms with Crippen molar-refractivity contribution in [3.8, 4) is 0 Å². The maximum absolute atomic E-state index is 13.2. The molecule has 0 spiro atoms. The SMILES string of the molecule is COC[C@@H](C)n1c(S[C@@H](C)C(=O)Nc2ccc3[nH]c(=O)[nH]c3c2)nc2ccccc2c1=O. The molecule has 2 aromatic carbocycles. The van der Waals surface area contributed by atoms with Gasteiger partial charge >= 0.3 is 5.69 Å². The lowest BCUT2D eigenvalue weighted by molar-refractivity contribution is -0.115. The third kappa shape index (κ3) is 4.32. The molecule has 0 saturated heterocycles. The number of carbonyl (C=O) groups excluding carboxylic acids is 1. The van der Waals surface area contributed by atoms with Crippen molar-refractivity contribution >= 4 is 45.3 Å². The Balaban J connectivity index is 1.62. The summed E-state index contributed by atoms with van der Waals surface area (Å²) in [5, 5.41) is 3.29. The number of ether oxygens (including phenoxy) is 1. The predicted molar refractivity (Wildman–Crippen MR) is 125 cm³/mol. The van der Waals surface area contributed by atoms with Gasteiger partial charge in [-0.1, -0.05) is 23.9 Å². The minimum atomic E-state index is -0.537. The predicted octanol–water partition coefficient (Wildman–Crippen LogP) is 2.89. The molecule has 0 aliphatic rings. The van der Waals surface area contributed by atoms with Crippen LogP contribution in [-0.2, 0) is 9.53 Å². The molecule has 4 rings (SSSR count). The first kappa shape index (κ1) is 21.8. The molecule has 4 aromatic rings. The van der Waals surface area contributed by atoms with Crippen LogP contribution in [0.2, 0.25) is 0 Å². The minimum absolute atomic E-state index is 0.169. The van der Waals surface area contributed by atoms with Crippen molar-refractivity contribution < 1.29 is 9.53 Å². The highest BCUT2D eigenvalue weighted by atomic mass is 32.2. The molecule has 0 aliphatic carbocycles. The molecule has 0 bridgehead atoms. The quantitative estimate of drug-likeness (QED) is 0.292. The number of hydrogen-bond donors (Lipinski definition) is 3. The van der Waals surface area contributed by atoms with E-state index in [9.17, 15) is 14.4 Å². The van der Waals surface area contributed by atoms with Gasteiger partial charge < -0.3 is 20.0 Å². The number of H-pyrrole nitrogens is 2. The Bertz CT molecular complexity index is 1410. The highest BCUT2D eigenvalue weighted by Crippen LogP contribution is 2.26. The lowest BCUT2D eigenvalue weighted by Gasteiger charge is -2.20. The Labute approximate surface area is 187 Å². The van der Waals surface area contributed by atoms with Gasteiger partial charge in [-0.3, -0.25) is 14.2 Å². The Morgan fingerprint density at radius 2 is 1.91 bits per heavy atom. The van der Waals surface area contributed by atoms with Gasteiger partial charge in [-0.05, 0) is 44.2 Å². The fourth-order valence-corrected chi connectivity index (χ4v) is 4.49. The number of anilines is 1. The molecular formula is C22H23N5O4S. The van der Waals surface area contributed by atoms with E-state index in [1.165, 1.54) is 11.8 Å². The molecule has 0 saturated carbocycles. The van der Waals surface area contributed by atoms with Gasteiger partial charge in [0.15, 0.2) is 5.16 Å². The number of nitrogens with one attached hydrogen (secondary N) is 3. The molecule has 0 aliphatic heterocycles. The van der Waals surface area contributed by atoms with Crippen LogP contribution in [0, 0.1) is 0 Å². The van der Waals surface area contributed by atoms with E-state index in [1.54, 1.807) is 55.0 Å². The molecule has 10 heteroatoms. The van der Waals surface area contributed by atoms with E-state index >= 15 is 0 Å². The van der Waals surface area contributed by atoms with Gasteiger partial charge in [0, 0.05) is 12.8 Å². The van der Waals surface area contributed by atoms with Crippen LogP contribution in [0.3, 0.4) is 0 Å². The average molecular weight is 454 g/mol. The van der Waals surface area contributed by atoms with Crippen molar-refractivity contribution in [2.24, 2.45) is 0 Å². The third-order valence-corrected chi connectivity index (χ3v) is 6.13. The average Bonchev–Trinajstić information content (AvgIpc) is 3.13. The highest BCUT2D eigenvalue weighted by Gasteiger charge is 2.22. The van der Waals surface area contributed by atoms with Gasteiger partial charge in [-0.25, -0.2) is 9.78 Å². The summed E-state index contributed by atoms with van der Waals surface area (Å²) < 4.78 is 6.82. The van der Waals surface area contributed by atoms with Crippen molar-refractivity contribution in [1.29, 1.82) is 0 Å². The number of nitrogens with zero attached hydrogens (tertiary/aromatic N) is 2. The maximum Gasteiger partial charge on any atom is 0.323 e. The highest BCUT2D eigenvalue weighted by molar-refractivity contribution is 8.00. The summed E-state index contributed by atoms with van der Waals surface area (Å²) in [7, 11) is 1.58. The molecule has 0 unspecified atom stereocenters. The molecule has 3 N–H and O–H groups in total. The van der Waals surface area contributed by atoms with Crippen LogP contribution < -0.4 is 16.6 Å². The van der Waals surface area contributed by atoms with E-state index in [0.717, 1.165) is 0 Å². The summed E-state index contributed by atoms with van der Waals surface area (Å²) >= 11 is 1.21. The van der Waals surface area contributed by atoms with Crippen LogP contribution in [0.1, 0.15) is 19.9 Å². The molecule has 166 valence electrons. The molecule has 32 heavy (non-hydrogen) atoms. The number of aromatic amines is 2. The number of rotatable bonds is 7. The molecule has 2 atom stereocenters. The van der Waals surface area contributed by atoms with Gasteiger partial charge in [-0.15, -0.1) is 0 Å². The number of aromatic nitrogens is 4. The smallest absolute Gasteiger partial charge is 0.323 e. The Morgan fingerprint density at radius 3 is 2.69 bits per heavy atom. The number of amides is 1. The normalized spacial score (nSPS) is 13.3. The Kier molecular flexibility index (Phi) is 6.15. The van der Waals surface area contributed by atoms with E-state index in [0.29, 0.717) is 39.4 Å². The number of para-hydroxylation sites is 1. The summed E-state index contributed by atoms with van der Waals surface area (Å²) in [5.74, 6) is -0.249. The van der Waals surface area contributed by atoms with Crippen molar-refractivity contribution in [2.75, 3.05) is 19.0 Å². The number of hydrogen-bond acceptors (Lipinski definition) is 6. The number of thioether (sulfide) groups is 1. The summed E-state index contributed by atoms with van der Waals surface area (Å²) in [6.45, 7) is 3.97. The fourth-order valence-electron chi connectivity index (χ4n) is 3.48. The number of benzene rings is 2. The van der Waals surface area contributed by atoms with Gasteiger partial charge in [0.25, 0.3) is 5.56 Å². The van der Waals surface area contributed by atoms with Gasteiger partial charge in [0.1, 0.15) is 0 Å². The standard InChI is InChI=1S/C22H23N5O4S/c1-12(11-31-3)27-20(29)15-6-4-5-7-16(15)26-22(27)32-13(2)19(28)23-14-8-9-17-18(10-14)25-21(30)24-17/h4-10,12-13H,11H2,1-3H3,(H,23,28)(H2,24,25,30)/t12-,13+/m1/s1. The van der Waals surface area contributed by atoms with Gasteiger partial charge in [0.2, 0.25) is 5.91 Å². The molecule has 2 heterocycles. The first-order valence-electron chi connectivity index (χ1n) is 10.1. The topological polar surface area (TPSA) is 122 Å². The van der Waals surface area contributed by atoms with Crippen LogP contribution >= 0.6 is 11.8 Å².